The van der Waals surface area contributed by atoms with Crippen molar-refractivity contribution < 1.29 is 9.59 Å². The van der Waals surface area contributed by atoms with E-state index >= 15 is 0 Å². The predicted molar refractivity (Wildman–Crippen MR) is 121 cm³/mol. The summed E-state index contributed by atoms with van der Waals surface area (Å²) in [5, 5.41) is 7.21. The van der Waals surface area contributed by atoms with Crippen LogP contribution in [-0.2, 0) is 29.6 Å². The maximum absolute atomic E-state index is 13.6. The van der Waals surface area contributed by atoms with Crippen molar-refractivity contribution in [2.45, 2.75) is 19.0 Å². The summed E-state index contributed by atoms with van der Waals surface area (Å²) in [6.45, 7) is 0.557. The van der Waals surface area contributed by atoms with Crippen LogP contribution in [0.5, 0.6) is 0 Å². The fourth-order valence-electron chi connectivity index (χ4n) is 4.45. The largest absolute Gasteiger partial charge is 0.357 e. The second-order valence-corrected chi connectivity index (χ2v) is 7.94. The third kappa shape index (κ3) is 3.33. The number of hydrogen-bond donors (Lipinski definition) is 1. The Kier molecular flexibility index (Phi) is 4.97. The predicted octanol–water partition coefficient (Wildman–Crippen LogP) is 2.31. The zero-order valence-electron chi connectivity index (χ0n) is 18.0. The average Bonchev–Trinajstić information content (AvgIpc) is 3.41. The number of imidazole rings is 1. The number of hydrogen-bond acceptors (Lipinski definition) is 4. The van der Waals surface area contributed by atoms with E-state index in [1.54, 1.807) is 16.6 Å². The number of likely N-dealkylation sites (N-methyl/N-ethyl adjacent to an activating group) is 1. The lowest BCUT2D eigenvalue weighted by Crippen LogP contribution is -2.47. The lowest BCUT2D eigenvalue weighted by atomic mass is 9.92. The summed E-state index contributed by atoms with van der Waals surface area (Å²) >= 11 is 0. The first-order valence-corrected chi connectivity index (χ1v) is 10.6. The van der Waals surface area contributed by atoms with E-state index in [9.17, 15) is 9.59 Å². The molecule has 8 nitrogen and oxygen atoms in total. The number of nitrogens with one attached hydrogen (secondary N) is 1. The normalized spacial score (nSPS) is 15.6. The number of para-hydroxylation sites is 2. The Morgan fingerprint density at radius 1 is 1.09 bits per heavy atom. The SMILES string of the molecule is CNC(=O)[C@@H]1c2ccccc2CCN1C(=O)Cn1c(-c2ccn(C)n2)nc2ccccc21. The van der Waals surface area contributed by atoms with E-state index in [-0.39, 0.29) is 18.4 Å². The summed E-state index contributed by atoms with van der Waals surface area (Å²) in [7, 11) is 3.45. The summed E-state index contributed by atoms with van der Waals surface area (Å²) in [4.78, 5) is 32.8. The number of nitrogens with zero attached hydrogens (tertiary/aromatic N) is 5. The first-order valence-electron chi connectivity index (χ1n) is 10.6. The van der Waals surface area contributed by atoms with Crippen LogP contribution < -0.4 is 5.32 Å². The van der Waals surface area contributed by atoms with Gasteiger partial charge in [0.15, 0.2) is 5.82 Å². The van der Waals surface area contributed by atoms with Gasteiger partial charge in [-0.15, -0.1) is 0 Å². The summed E-state index contributed by atoms with van der Waals surface area (Å²) in [5.41, 5.74) is 4.34. The van der Waals surface area contributed by atoms with Gasteiger partial charge in [-0.3, -0.25) is 14.3 Å². The molecule has 2 aromatic heterocycles. The van der Waals surface area contributed by atoms with E-state index in [1.807, 2.05) is 72.4 Å². The molecule has 3 heterocycles. The number of fused-ring (bicyclic) bond motifs is 2. The lowest BCUT2D eigenvalue weighted by Gasteiger charge is -2.36. The maximum Gasteiger partial charge on any atom is 0.247 e. The molecule has 0 saturated heterocycles. The van der Waals surface area contributed by atoms with E-state index in [0.29, 0.717) is 24.5 Å². The van der Waals surface area contributed by atoms with Crippen molar-refractivity contribution in [2.24, 2.45) is 7.05 Å². The Morgan fingerprint density at radius 2 is 1.88 bits per heavy atom. The fourth-order valence-corrected chi connectivity index (χ4v) is 4.45. The van der Waals surface area contributed by atoms with Crippen molar-refractivity contribution in [1.29, 1.82) is 0 Å². The first-order chi connectivity index (χ1) is 15.6. The van der Waals surface area contributed by atoms with Gasteiger partial charge in [-0.2, -0.15) is 5.10 Å². The lowest BCUT2D eigenvalue weighted by molar-refractivity contribution is -0.141. The molecule has 8 heteroatoms. The summed E-state index contributed by atoms with van der Waals surface area (Å²) in [6, 6.07) is 16.8. The van der Waals surface area contributed by atoms with Gasteiger partial charge in [0.05, 0.1) is 11.0 Å². The van der Waals surface area contributed by atoms with Gasteiger partial charge < -0.3 is 14.8 Å². The van der Waals surface area contributed by atoms with Crippen LogP contribution in [0.3, 0.4) is 0 Å². The van der Waals surface area contributed by atoms with Gasteiger partial charge in [0.2, 0.25) is 11.8 Å². The van der Waals surface area contributed by atoms with Gasteiger partial charge in [-0.05, 0) is 35.7 Å². The van der Waals surface area contributed by atoms with Crippen molar-refractivity contribution in [1.82, 2.24) is 29.5 Å². The average molecular weight is 428 g/mol. The van der Waals surface area contributed by atoms with Crippen LogP contribution in [0.4, 0.5) is 0 Å². The minimum absolute atomic E-state index is 0.0715. The fraction of sp³-hybridized carbons (Fsp3) is 0.250. The Labute approximate surface area is 185 Å². The van der Waals surface area contributed by atoms with Gasteiger partial charge in [-0.25, -0.2) is 4.98 Å². The Bertz CT molecular complexity index is 1320. The van der Waals surface area contributed by atoms with Crippen molar-refractivity contribution >= 4 is 22.8 Å². The molecule has 1 atom stereocenters. The smallest absolute Gasteiger partial charge is 0.247 e. The summed E-state index contributed by atoms with van der Waals surface area (Å²) in [5.74, 6) is 0.313. The van der Waals surface area contributed by atoms with E-state index in [1.165, 1.54) is 0 Å². The third-order valence-electron chi connectivity index (χ3n) is 5.99. The minimum Gasteiger partial charge on any atom is -0.357 e. The van der Waals surface area contributed by atoms with Crippen molar-refractivity contribution in [3.8, 4) is 11.5 Å². The Balaban J connectivity index is 1.54. The Hall–Kier alpha value is -3.94. The van der Waals surface area contributed by atoms with Crippen molar-refractivity contribution in [2.75, 3.05) is 13.6 Å². The van der Waals surface area contributed by atoms with Gasteiger partial charge >= 0.3 is 0 Å². The second-order valence-electron chi connectivity index (χ2n) is 7.94. The number of aryl methyl sites for hydroxylation is 1. The molecule has 0 fully saturated rings. The highest BCUT2D eigenvalue weighted by Gasteiger charge is 2.35. The molecule has 162 valence electrons. The molecule has 0 unspecified atom stereocenters. The summed E-state index contributed by atoms with van der Waals surface area (Å²) in [6.07, 6.45) is 2.57. The van der Waals surface area contributed by atoms with Crippen LogP contribution in [0, 0.1) is 0 Å². The molecule has 0 spiro atoms. The van der Waals surface area contributed by atoms with E-state index in [2.05, 4.69) is 10.4 Å². The highest BCUT2D eigenvalue weighted by Crippen LogP contribution is 2.31. The first kappa shape index (κ1) is 20.0. The number of rotatable bonds is 4. The van der Waals surface area contributed by atoms with Crippen LogP contribution in [0.1, 0.15) is 17.2 Å². The minimum atomic E-state index is -0.648. The summed E-state index contributed by atoms with van der Waals surface area (Å²) < 4.78 is 3.60. The van der Waals surface area contributed by atoms with Crippen LogP contribution in [-0.4, -0.2) is 49.6 Å². The number of benzene rings is 2. The zero-order chi connectivity index (χ0) is 22.2. The van der Waals surface area contributed by atoms with Crippen molar-refractivity contribution in [3.63, 3.8) is 0 Å². The molecule has 4 aromatic rings. The molecular formula is C24H24N6O2. The molecule has 0 saturated carbocycles. The number of amides is 2. The van der Waals surface area contributed by atoms with Crippen LogP contribution in [0.15, 0.2) is 60.8 Å². The van der Waals surface area contributed by atoms with E-state index < -0.39 is 6.04 Å². The van der Waals surface area contributed by atoms with Crippen LogP contribution in [0.2, 0.25) is 0 Å². The number of aromatic nitrogens is 4. The Morgan fingerprint density at radius 3 is 2.66 bits per heavy atom. The van der Waals surface area contributed by atoms with Crippen LogP contribution >= 0.6 is 0 Å². The molecule has 5 rings (SSSR count). The van der Waals surface area contributed by atoms with Gasteiger partial charge in [0.25, 0.3) is 0 Å². The van der Waals surface area contributed by atoms with Gasteiger partial charge in [-0.1, -0.05) is 36.4 Å². The standard InChI is InChI=1S/C24H24N6O2/c1-25-24(32)22-17-8-4-3-7-16(17)11-14-29(22)21(31)15-30-20-10-6-5-9-18(20)26-23(30)19-12-13-28(2)27-19/h3-10,12-13,22H,11,14-15H2,1-2H3,(H,25,32)/t22-/m0/s1. The topological polar surface area (TPSA) is 85.0 Å². The zero-order valence-corrected chi connectivity index (χ0v) is 18.0. The van der Waals surface area contributed by atoms with Gasteiger partial charge in [0, 0.05) is 26.8 Å². The molecule has 1 aliphatic rings. The molecule has 0 radical (unpaired) electrons. The molecule has 2 aromatic carbocycles. The molecule has 2 amide bonds. The molecular weight excluding hydrogens is 404 g/mol. The highest BCUT2D eigenvalue weighted by atomic mass is 16.2. The van der Waals surface area contributed by atoms with E-state index in [0.717, 1.165) is 22.2 Å². The third-order valence-corrected chi connectivity index (χ3v) is 5.99. The molecule has 1 N–H and O–H groups in total. The molecule has 32 heavy (non-hydrogen) atoms. The van der Waals surface area contributed by atoms with Crippen molar-refractivity contribution in [3.05, 3.63) is 71.9 Å². The molecule has 1 aliphatic heterocycles. The number of carbonyl (C=O) groups is 2. The maximum atomic E-state index is 13.6. The quantitative estimate of drug-likeness (QED) is 0.541. The number of carbonyl (C=O) groups excluding carboxylic acids is 2. The molecule has 0 aliphatic carbocycles. The van der Waals surface area contributed by atoms with E-state index in [4.69, 9.17) is 4.98 Å². The van der Waals surface area contributed by atoms with Gasteiger partial charge in [0.1, 0.15) is 18.3 Å². The molecule has 0 bridgehead atoms. The monoisotopic (exact) mass is 428 g/mol. The highest BCUT2D eigenvalue weighted by molar-refractivity contribution is 5.90. The second kappa shape index (κ2) is 7.96. The van der Waals surface area contributed by atoms with Crippen LogP contribution in [0.25, 0.3) is 22.6 Å².